The summed E-state index contributed by atoms with van der Waals surface area (Å²) in [6, 6.07) is 21.9. The number of halogens is 1. The van der Waals surface area contributed by atoms with Gasteiger partial charge < -0.3 is 5.73 Å². The molecule has 3 rings (SSSR count). The van der Waals surface area contributed by atoms with Gasteiger partial charge in [-0.1, -0.05) is 36.4 Å². The third kappa shape index (κ3) is 5.98. The molecule has 0 fully saturated rings. The zero-order chi connectivity index (χ0) is 18.4. The van der Waals surface area contributed by atoms with E-state index in [0.717, 1.165) is 16.9 Å². The highest BCUT2D eigenvalue weighted by molar-refractivity contribution is 7.80. The van der Waals surface area contributed by atoms with Gasteiger partial charge in [-0.3, -0.25) is 0 Å². The number of hydrogen-bond donors (Lipinski definition) is 2. The maximum absolute atomic E-state index is 8.49. The van der Waals surface area contributed by atoms with E-state index < -0.39 is 10.2 Å². The number of thiol groups is 1. The van der Waals surface area contributed by atoms with Crippen molar-refractivity contribution in [2.75, 3.05) is 5.73 Å². The van der Waals surface area contributed by atoms with Gasteiger partial charge in [0.2, 0.25) is 11.4 Å². The van der Waals surface area contributed by atoms with E-state index in [-0.39, 0.29) is 0 Å². The van der Waals surface area contributed by atoms with Crippen LogP contribution in [-0.4, -0.2) is 5.10 Å². The summed E-state index contributed by atoms with van der Waals surface area (Å²) < 4.78 is 35.8. The van der Waals surface area contributed by atoms with Crippen LogP contribution in [0.1, 0.15) is 0 Å². The minimum absolute atomic E-state index is 0.522. The zero-order valence-electron chi connectivity index (χ0n) is 12.8. The predicted molar refractivity (Wildman–Crippen MR) is 82.9 cm³/mol. The maximum Gasteiger partial charge on any atom is 0.248 e. The van der Waals surface area contributed by atoms with Crippen molar-refractivity contribution in [2.45, 2.75) is 5.03 Å². The molecule has 0 aliphatic carbocycles. The molecular weight excluding hydrogens is 366 g/mol. The average molecular weight is 380 g/mol. The molecule has 7 nitrogen and oxygen atoms in total. The van der Waals surface area contributed by atoms with Crippen molar-refractivity contribution in [3.8, 4) is 16.9 Å². The number of benzene rings is 2. The van der Waals surface area contributed by atoms with Gasteiger partial charge in [-0.2, -0.15) is 0 Å². The first-order valence-electron chi connectivity index (χ1n) is 6.90. The number of hydrogen-bond acceptors (Lipinski definition) is 7. The van der Waals surface area contributed by atoms with E-state index in [0.29, 0.717) is 10.7 Å². The Hall–Kier alpha value is -2.20. The standard InChI is InChI=1S/C16H13N3S.ClHO4/c17-14-11-15(12-7-3-1-4-8-12)19(18-16(14)20)13-9-5-2-6-10-13;2-1(3,4)5/h1-11,17H,(H,18,20);(H,2,3,4,5). The third-order valence-electron chi connectivity index (χ3n) is 3.04. The topological polar surface area (TPSA) is 135 Å². The van der Waals surface area contributed by atoms with Crippen molar-refractivity contribution in [3.63, 3.8) is 0 Å². The Balaban J connectivity index is 0.000000399. The van der Waals surface area contributed by atoms with Gasteiger partial charge in [0.1, 0.15) is 0 Å². The lowest BCUT2D eigenvalue weighted by Crippen LogP contribution is -2.68. The Morgan fingerprint density at radius 2 is 1.36 bits per heavy atom. The second-order valence-electron chi connectivity index (χ2n) is 4.80. The summed E-state index contributed by atoms with van der Waals surface area (Å²) >= 11 is 4.32. The van der Waals surface area contributed by atoms with Crippen LogP contribution < -0.4 is 29.1 Å². The van der Waals surface area contributed by atoms with Gasteiger partial charge in [-0.15, -0.1) is 22.9 Å². The molecule has 0 aliphatic rings. The summed E-state index contributed by atoms with van der Waals surface area (Å²) in [6.07, 6.45) is 0. The smallest absolute Gasteiger partial charge is 0.248 e. The second kappa shape index (κ2) is 8.26. The lowest BCUT2D eigenvalue weighted by atomic mass is 10.1. The summed E-state index contributed by atoms with van der Waals surface area (Å²) in [5.74, 6) is 0. The van der Waals surface area contributed by atoms with E-state index in [2.05, 4.69) is 17.7 Å². The van der Waals surface area contributed by atoms with E-state index >= 15 is 0 Å². The molecule has 0 aliphatic heterocycles. The average Bonchev–Trinajstić information content (AvgIpc) is 2.57. The second-order valence-corrected chi connectivity index (χ2v) is 5.98. The molecule has 1 aromatic heterocycles. The van der Waals surface area contributed by atoms with Gasteiger partial charge in [0.25, 0.3) is 0 Å². The summed E-state index contributed by atoms with van der Waals surface area (Å²) in [5.41, 5.74) is 9.49. The number of nitrogen functional groups attached to an aromatic ring is 1. The molecule has 0 amide bonds. The van der Waals surface area contributed by atoms with Gasteiger partial charge in [-0.05, 0) is 16.8 Å². The van der Waals surface area contributed by atoms with Crippen LogP contribution in [-0.2, 0) is 0 Å². The minimum atomic E-state index is -4.94. The fourth-order valence-corrected chi connectivity index (χ4v) is 2.21. The summed E-state index contributed by atoms with van der Waals surface area (Å²) in [4.78, 5) is 0. The lowest BCUT2D eigenvalue weighted by Gasteiger charge is -2.17. The molecule has 9 heteroatoms. The largest absolute Gasteiger partial charge is 0.396 e. The molecule has 25 heavy (non-hydrogen) atoms. The normalized spacial score (nSPS) is 10.8. The molecule has 130 valence electrons. The quantitative estimate of drug-likeness (QED) is 0.396. The fraction of sp³-hybridized carbons (Fsp3) is 0. The van der Waals surface area contributed by atoms with Crippen LogP contribution in [0.4, 0.5) is 5.69 Å². The molecule has 0 radical (unpaired) electrons. The van der Waals surface area contributed by atoms with E-state index in [1.54, 1.807) is 0 Å². The first kappa shape index (κ1) is 19.1. The van der Waals surface area contributed by atoms with Crippen molar-refractivity contribution in [2.24, 2.45) is 0 Å². The highest BCUT2D eigenvalue weighted by Crippen LogP contribution is 2.21. The Labute approximate surface area is 151 Å². The highest BCUT2D eigenvalue weighted by atomic mass is 35.7. The lowest BCUT2D eigenvalue weighted by molar-refractivity contribution is -2.00. The molecule has 2 N–H and O–H groups in total. The molecule has 0 bridgehead atoms. The fourth-order valence-electron chi connectivity index (χ4n) is 2.06. The number of para-hydroxylation sites is 1. The highest BCUT2D eigenvalue weighted by Gasteiger charge is 2.20. The Kier molecular flexibility index (Phi) is 6.32. The van der Waals surface area contributed by atoms with E-state index in [9.17, 15) is 0 Å². The minimum Gasteiger partial charge on any atom is -0.396 e. The number of rotatable bonds is 2. The molecule has 0 atom stereocenters. The number of aromatic nitrogens is 2. The van der Waals surface area contributed by atoms with E-state index in [1.807, 2.05) is 71.4 Å². The van der Waals surface area contributed by atoms with Crippen molar-refractivity contribution in [1.82, 2.24) is 5.10 Å². The van der Waals surface area contributed by atoms with Crippen LogP contribution in [0.2, 0.25) is 0 Å². The van der Waals surface area contributed by atoms with E-state index in [4.69, 9.17) is 24.4 Å². The number of anilines is 1. The van der Waals surface area contributed by atoms with Crippen molar-refractivity contribution >= 4 is 18.3 Å². The van der Waals surface area contributed by atoms with Crippen molar-refractivity contribution in [3.05, 3.63) is 66.7 Å². The first-order valence-corrected chi connectivity index (χ1v) is 8.58. The maximum atomic E-state index is 8.49. The zero-order valence-corrected chi connectivity index (χ0v) is 14.4. The van der Waals surface area contributed by atoms with Crippen LogP contribution >= 0.6 is 12.6 Å². The molecule has 0 unspecified atom stereocenters. The molecular formula is C16H14ClN3O4S. The Morgan fingerprint density at radius 3 is 1.88 bits per heavy atom. The SMILES string of the molecule is Nc1cc(-c2ccccc2)[n+](-c2ccccc2)nc1S.[O-][Cl+3]([O-])([O-])[O-]. The van der Waals surface area contributed by atoms with E-state index in [1.165, 1.54) is 0 Å². The van der Waals surface area contributed by atoms with Crippen LogP contribution in [0.3, 0.4) is 0 Å². The Bertz CT molecular complexity index is 760. The Morgan fingerprint density at radius 1 is 0.880 bits per heavy atom. The van der Waals surface area contributed by atoms with Gasteiger partial charge in [0.15, 0.2) is 5.03 Å². The molecule has 3 aromatic rings. The van der Waals surface area contributed by atoms with Gasteiger partial charge in [0.05, 0.1) is 5.69 Å². The number of nitrogens with zero attached hydrogens (tertiary/aromatic N) is 2. The predicted octanol–water partition coefficient (Wildman–Crippen LogP) is -1.86. The summed E-state index contributed by atoms with van der Waals surface area (Å²) in [6.45, 7) is 0. The van der Waals surface area contributed by atoms with Crippen molar-refractivity contribution in [1.29, 1.82) is 0 Å². The molecule has 0 saturated carbocycles. The first-order chi connectivity index (χ1) is 11.8. The summed E-state index contributed by atoms with van der Waals surface area (Å²) in [7, 11) is -4.94. The third-order valence-corrected chi connectivity index (χ3v) is 3.39. The van der Waals surface area contributed by atoms with Gasteiger partial charge in [0, 0.05) is 28.9 Å². The monoisotopic (exact) mass is 379 g/mol. The van der Waals surface area contributed by atoms with Crippen LogP contribution in [0, 0.1) is 10.2 Å². The van der Waals surface area contributed by atoms with Crippen LogP contribution in [0.25, 0.3) is 16.9 Å². The summed E-state index contributed by atoms with van der Waals surface area (Å²) in [5, 5.41) is 5.00. The molecule has 2 aromatic carbocycles. The van der Waals surface area contributed by atoms with Gasteiger partial charge >= 0.3 is 0 Å². The van der Waals surface area contributed by atoms with Gasteiger partial charge in [-0.25, -0.2) is 18.6 Å². The molecule has 0 spiro atoms. The van der Waals surface area contributed by atoms with Crippen LogP contribution in [0.15, 0.2) is 71.8 Å². The molecule has 0 saturated heterocycles. The van der Waals surface area contributed by atoms with Crippen molar-refractivity contribution < 1.29 is 33.6 Å². The van der Waals surface area contributed by atoms with Crippen LogP contribution in [0.5, 0.6) is 0 Å². The molecule has 1 heterocycles. The number of nitrogens with two attached hydrogens (primary N) is 1.